The largest absolute Gasteiger partial charge is 0.461 e. The first-order valence-electron chi connectivity index (χ1n) is 8.21. The summed E-state index contributed by atoms with van der Waals surface area (Å²) < 4.78 is 5.72. The SMILES string of the molecule is Cc1cccc(NC(=O)CCc2ccc(-c3cccc([N+](=O)[O-])c3)o2)c1. The minimum Gasteiger partial charge on any atom is -0.461 e. The maximum absolute atomic E-state index is 12.1. The quantitative estimate of drug-likeness (QED) is 0.514. The van der Waals surface area contributed by atoms with E-state index in [4.69, 9.17) is 4.42 Å². The van der Waals surface area contributed by atoms with E-state index in [1.165, 1.54) is 12.1 Å². The summed E-state index contributed by atoms with van der Waals surface area (Å²) in [5.74, 6) is 1.11. The minimum atomic E-state index is -0.441. The summed E-state index contributed by atoms with van der Waals surface area (Å²) in [5.41, 5.74) is 2.50. The molecule has 0 aliphatic carbocycles. The number of benzene rings is 2. The van der Waals surface area contributed by atoms with Crippen LogP contribution in [0.1, 0.15) is 17.7 Å². The van der Waals surface area contributed by atoms with E-state index >= 15 is 0 Å². The number of hydrogen-bond acceptors (Lipinski definition) is 4. The van der Waals surface area contributed by atoms with E-state index in [2.05, 4.69) is 5.32 Å². The summed E-state index contributed by atoms with van der Waals surface area (Å²) in [6, 6.07) is 17.4. The van der Waals surface area contributed by atoms with Gasteiger partial charge in [-0.05, 0) is 36.8 Å². The van der Waals surface area contributed by atoms with Crippen LogP contribution in [0.3, 0.4) is 0 Å². The van der Waals surface area contributed by atoms with Crippen molar-refractivity contribution in [3.8, 4) is 11.3 Å². The van der Waals surface area contributed by atoms with Crippen LogP contribution in [0.2, 0.25) is 0 Å². The summed E-state index contributed by atoms with van der Waals surface area (Å²) in [7, 11) is 0. The number of hydrogen-bond donors (Lipinski definition) is 1. The molecular weight excluding hydrogens is 332 g/mol. The molecule has 6 heteroatoms. The van der Waals surface area contributed by atoms with Crippen LogP contribution in [-0.4, -0.2) is 10.8 Å². The number of nitro groups is 1. The Balaban J connectivity index is 1.61. The third-order valence-corrected chi connectivity index (χ3v) is 3.90. The first-order valence-corrected chi connectivity index (χ1v) is 8.21. The van der Waals surface area contributed by atoms with E-state index in [9.17, 15) is 14.9 Å². The van der Waals surface area contributed by atoms with Gasteiger partial charge >= 0.3 is 0 Å². The molecule has 0 saturated heterocycles. The second-order valence-electron chi connectivity index (χ2n) is 5.99. The van der Waals surface area contributed by atoms with Gasteiger partial charge in [0.25, 0.3) is 5.69 Å². The molecule has 26 heavy (non-hydrogen) atoms. The lowest BCUT2D eigenvalue weighted by molar-refractivity contribution is -0.384. The van der Waals surface area contributed by atoms with Crippen LogP contribution >= 0.6 is 0 Å². The van der Waals surface area contributed by atoms with Gasteiger partial charge in [-0.3, -0.25) is 14.9 Å². The van der Waals surface area contributed by atoms with Crippen molar-refractivity contribution in [2.45, 2.75) is 19.8 Å². The normalized spacial score (nSPS) is 10.5. The van der Waals surface area contributed by atoms with Gasteiger partial charge in [-0.1, -0.05) is 24.3 Å². The van der Waals surface area contributed by atoms with Crippen molar-refractivity contribution >= 4 is 17.3 Å². The number of non-ortho nitro benzene ring substituents is 1. The molecule has 2 aromatic carbocycles. The van der Waals surface area contributed by atoms with Gasteiger partial charge in [0.15, 0.2) is 0 Å². The van der Waals surface area contributed by atoms with Crippen molar-refractivity contribution in [2.75, 3.05) is 5.32 Å². The summed E-state index contributed by atoms with van der Waals surface area (Å²) in [4.78, 5) is 22.5. The molecule has 0 bridgehead atoms. The van der Waals surface area contributed by atoms with Crippen molar-refractivity contribution in [1.82, 2.24) is 0 Å². The Morgan fingerprint density at radius 2 is 1.92 bits per heavy atom. The lowest BCUT2D eigenvalue weighted by atomic mass is 10.1. The average molecular weight is 350 g/mol. The Labute approximate surface area is 150 Å². The topological polar surface area (TPSA) is 85.4 Å². The third kappa shape index (κ3) is 4.36. The number of anilines is 1. The van der Waals surface area contributed by atoms with Crippen LogP contribution in [0.25, 0.3) is 11.3 Å². The highest BCUT2D eigenvalue weighted by molar-refractivity contribution is 5.90. The highest BCUT2D eigenvalue weighted by Crippen LogP contribution is 2.26. The van der Waals surface area contributed by atoms with Crippen LogP contribution in [0, 0.1) is 17.0 Å². The molecule has 132 valence electrons. The zero-order valence-corrected chi connectivity index (χ0v) is 14.3. The number of carbonyl (C=O) groups is 1. The molecule has 0 atom stereocenters. The number of rotatable bonds is 6. The monoisotopic (exact) mass is 350 g/mol. The Bertz CT molecular complexity index is 946. The van der Waals surface area contributed by atoms with Gasteiger partial charge in [-0.25, -0.2) is 0 Å². The van der Waals surface area contributed by atoms with Gasteiger partial charge in [-0.2, -0.15) is 0 Å². The summed E-state index contributed by atoms with van der Waals surface area (Å²) in [6.07, 6.45) is 0.739. The van der Waals surface area contributed by atoms with E-state index in [0.717, 1.165) is 11.3 Å². The van der Waals surface area contributed by atoms with Crippen molar-refractivity contribution < 1.29 is 14.1 Å². The zero-order valence-electron chi connectivity index (χ0n) is 14.3. The van der Waals surface area contributed by atoms with Gasteiger partial charge in [0, 0.05) is 36.2 Å². The van der Waals surface area contributed by atoms with Crippen LogP contribution in [0.4, 0.5) is 11.4 Å². The molecule has 3 aromatic rings. The van der Waals surface area contributed by atoms with E-state index in [0.29, 0.717) is 23.5 Å². The smallest absolute Gasteiger partial charge is 0.270 e. The molecule has 0 aliphatic rings. The first-order chi connectivity index (χ1) is 12.5. The summed E-state index contributed by atoms with van der Waals surface area (Å²) >= 11 is 0. The maximum atomic E-state index is 12.1. The second kappa shape index (κ2) is 7.65. The number of amides is 1. The molecule has 1 aromatic heterocycles. The Kier molecular flexibility index (Phi) is 5.12. The minimum absolute atomic E-state index is 0.0120. The summed E-state index contributed by atoms with van der Waals surface area (Å²) in [5, 5.41) is 13.7. The predicted molar refractivity (Wildman–Crippen MR) is 98.9 cm³/mol. The van der Waals surface area contributed by atoms with Crippen LogP contribution < -0.4 is 5.32 Å². The number of nitro benzene ring substituents is 1. The number of aryl methyl sites for hydroxylation is 2. The highest BCUT2D eigenvalue weighted by atomic mass is 16.6. The molecule has 1 heterocycles. The van der Waals surface area contributed by atoms with Crippen molar-refractivity contribution in [1.29, 1.82) is 0 Å². The van der Waals surface area contributed by atoms with E-state index in [-0.39, 0.29) is 18.0 Å². The molecule has 1 N–H and O–H groups in total. The molecular formula is C20H18N2O4. The van der Waals surface area contributed by atoms with Crippen molar-refractivity contribution in [2.24, 2.45) is 0 Å². The van der Waals surface area contributed by atoms with Gasteiger partial charge < -0.3 is 9.73 Å². The number of carbonyl (C=O) groups excluding carboxylic acids is 1. The molecule has 0 fully saturated rings. The van der Waals surface area contributed by atoms with Crippen molar-refractivity contribution in [3.05, 3.63) is 82.1 Å². The molecule has 0 spiro atoms. The average Bonchev–Trinajstić information content (AvgIpc) is 3.09. The van der Waals surface area contributed by atoms with Crippen LogP contribution in [0.5, 0.6) is 0 Å². The standard InChI is InChI=1S/C20H18N2O4/c1-14-4-2-6-16(12-14)21-20(23)11-9-18-8-10-19(26-18)15-5-3-7-17(13-15)22(24)25/h2-8,10,12-13H,9,11H2,1H3,(H,21,23). The van der Waals surface area contributed by atoms with E-state index < -0.39 is 4.92 Å². The highest BCUT2D eigenvalue weighted by Gasteiger charge is 2.11. The van der Waals surface area contributed by atoms with Crippen LogP contribution in [-0.2, 0) is 11.2 Å². The summed E-state index contributed by atoms with van der Waals surface area (Å²) in [6.45, 7) is 1.97. The zero-order chi connectivity index (χ0) is 18.5. The lowest BCUT2D eigenvalue weighted by Gasteiger charge is -2.05. The first kappa shape index (κ1) is 17.4. The molecule has 0 unspecified atom stereocenters. The van der Waals surface area contributed by atoms with Crippen LogP contribution in [0.15, 0.2) is 65.1 Å². The number of nitrogens with one attached hydrogen (secondary N) is 1. The third-order valence-electron chi connectivity index (χ3n) is 3.90. The van der Waals surface area contributed by atoms with Gasteiger partial charge in [-0.15, -0.1) is 0 Å². The van der Waals surface area contributed by atoms with E-state index in [1.54, 1.807) is 24.3 Å². The molecule has 6 nitrogen and oxygen atoms in total. The fourth-order valence-corrected chi connectivity index (χ4v) is 2.62. The molecule has 0 saturated carbocycles. The Morgan fingerprint density at radius 3 is 2.69 bits per heavy atom. The Morgan fingerprint density at radius 1 is 1.12 bits per heavy atom. The number of furan rings is 1. The van der Waals surface area contributed by atoms with Crippen molar-refractivity contribution in [3.63, 3.8) is 0 Å². The molecule has 1 amide bonds. The fourth-order valence-electron chi connectivity index (χ4n) is 2.62. The van der Waals surface area contributed by atoms with Gasteiger partial charge in [0.1, 0.15) is 11.5 Å². The molecule has 3 rings (SSSR count). The maximum Gasteiger partial charge on any atom is 0.270 e. The molecule has 0 radical (unpaired) electrons. The molecule has 0 aliphatic heterocycles. The number of nitrogens with zero attached hydrogens (tertiary/aromatic N) is 1. The predicted octanol–water partition coefficient (Wildman–Crippen LogP) is 4.73. The van der Waals surface area contributed by atoms with Gasteiger partial charge in [0.2, 0.25) is 5.91 Å². The second-order valence-corrected chi connectivity index (χ2v) is 5.99. The fraction of sp³-hybridized carbons (Fsp3) is 0.150. The Hall–Kier alpha value is -3.41. The van der Waals surface area contributed by atoms with E-state index in [1.807, 2.05) is 31.2 Å². The van der Waals surface area contributed by atoms with Gasteiger partial charge in [0.05, 0.1) is 4.92 Å². The lowest BCUT2D eigenvalue weighted by Crippen LogP contribution is -2.12.